The number of esters is 2. The zero-order valence-corrected chi connectivity index (χ0v) is 10.1. The molecule has 2 rings (SSSR count). The van der Waals surface area contributed by atoms with E-state index >= 15 is 0 Å². The van der Waals surface area contributed by atoms with Crippen molar-refractivity contribution in [2.24, 2.45) is 0 Å². The van der Waals surface area contributed by atoms with Crippen LogP contribution in [0.1, 0.15) is 53.4 Å². The summed E-state index contributed by atoms with van der Waals surface area (Å²) in [6.45, 7) is 8.00. The first-order valence-electron chi connectivity index (χ1n) is 5.77. The third-order valence-corrected chi connectivity index (χ3v) is 2.15. The Morgan fingerprint density at radius 1 is 0.800 bits per heavy atom. The van der Waals surface area contributed by atoms with E-state index in [0.717, 1.165) is 25.7 Å². The third kappa shape index (κ3) is 3.18. The summed E-state index contributed by atoms with van der Waals surface area (Å²) in [6.07, 6.45) is 3.45. The van der Waals surface area contributed by atoms with Crippen LogP contribution in [0.5, 0.6) is 0 Å². The van der Waals surface area contributed by atoms with Crippen molar-refractivity contribution in [1.29, 1.82) is 0 Å². The van der Waals surface area contributed by atoms with Crippen LogP contribution >= 0.6 is 0 Å². The first kappa shape index (κ1) is 13.9. The standard InChI is InChI=1S/C8H8O3.2C2H6/c9-7-5-3-1-2-4-6(5)8(10)11-7;2*1-2/h1-4H2;2*1-2H3. The molecule has 0 aromatic rings. The van der Waals surface area contributed by atoms with Crippen LogP contribution in [0.2, 0.25) is 0 Å². The first-order chi connectivity index (χ1) is 7.29. The Balaban J connectivity index is 0.000000442. The van der Waals surface area contributed by atoms with Gasteiger partial charge in [0.05, 0.1) is 0 Å². The van der Waals surface area contributed by atoms with E-state index in [0.29, 0.717) is 11.1 Å². The molecule has 0 aromatic heterocycles. The summed E-state index contributed by atoms with van der Waals surface area (Å²) < 4.78 is 4.46. The van der Waals surface area contributed by atoms with Crippen molar-refractivity contribution in [1.82, 2.24) is 0 Å². The molecule has 86 valence electrons. The SMILES string of the molecule is CC.CC.O=C1OC(=O)C2=C1CCCC2. The van der Waals surface area contributed by atoms with E-state index in [2.05, 4.69) is 4.74 Å². The van der Waals surface area contributed by atoms with Gasteiger partial charge < -0.3 is 4.74 Å². The minimum absolute atomic E-state index is 0.412. The summed E-state index contributed by atoms with van der Waals surface area (Å²) in [6, 6.07) is 0. The second-order valence-electron chi connectivity index (χ2n) is 2.84. The highest BCUT2D eigenvalue weighted by atomic mass is 16.6. The Hall–Kier alpha value is -1.12. The van der Waals surface area contributed by atoms with Crippen LogP contribution < -0.4 is 0 Å². The van der Waals surface area contributed by atoms with Gasteiger partial charge in [-0.25, -0.2) is 9.59 Å². The van der Waals surface area contributed by atoms with Crippen LogP contribution in [0.15, 0.2) is 11.1 Å². The molecule has 0 unspecified atom stereocenters. The lowest BCUT2D eigenvalue weighted by molar-refractivity contribution is -0.151. The lowest BCUT2D eigenvalue weighted by Gasteiger charge is -2.07. The fourth-order valence-electron chi connectivity index (χ4n) is 1.56. The van der Waals surface area contributed by atoms with Gasteiger partial charge in [0.2, 0.25) is 0 Å². The minimum Gasteiger partial charge on any atom is -0.386 e. The quantitative estimate of drug-likeness (QED) is 0.458. The van der Waals surface area contributed by atoms with Crippen molar-refractivity contribution in [2.45, 2.75) is 53.4 Å². The molecule has 0 radical (unpaired) electrons. The molecule has 0 N–H and O–H groups in total. The third-order valence-electron chi connectivity index (χ3n) is 2.15. The number of ether oxygens (including phenoxy) is 1. The number of hydrogen-bond acceptors (Lipinski definition) is 3. The van der Waals surface area contributed by atoms with Crippen LogP contribution in [-0.2, 0) is 14.3 Å². The van der Waals surface area contributed by atoms with Crippen molar-refractivity contribution < 1.29 is 14.3 Å². The van der Waals surface area contributed by atoms with E-state index in [9.17, 15) is 9.59 Å². The number of cyclic esters (lactones) is 2. The molecule has 3 heteroatoms. The Morgan fingerprint density at radius 3 is 1.47 bits per heavy atom. The van der Waals surface area contributed by atoms with Gasteiger partial charge in [-0.05, 0) is 25.7 Å². The monoisotopic (exact) mass is 212 g/mol. The molecule has 2 aliphatic rings. The molecule has 0 amide bonds. The highest BCUT2D eigenvalue weighted by Gasteiger charge is 2.33. The molecular formula is C12H20O3. The molecule has 1 aliphatic heterocycles. The smallest absolute Gasteiger partial charge is 0.342 e. The summed E-state index contributed by atoms with van der Waals surface area (Å²) in [7, 11) is 0. The summed E-state index contributed by atoms with van der Waals surface area (Å²) in [4.78, 5) is 21.8. The Morgan fingerprint density at radius 2 is 1.13 bits per heavy atom. The Bertz CT molecular complexity index is 238. The fraction of sp³-hybridized carbons (Fsp3) is 0.667. The Kier molecular flexibility index (Phi) is 6.67. The van der Waals surface area contributed by atoms with E-state index in [1.54, 1.807) is 0 Å². The lowest BCUT2D eigenvalue weighted by atomic mass is 9.93. The highest BCUT2D eigenvalue weighted by Crippen LogP contribution is 2.30. The number of rotatable bonds is 0. The zero-order chi connectivity index (χ0) is 11.8. The first-order valence-corrected chi connectivity index (χ1v) is 5.77. The van der Waals surface area contributed by atoms with Gasteiger partial charge in [-0.3, -0.25) is 0 Å². The molecule has 0 saturated heterocycles. The van der Waals surface area contributed by atoms with Crippen molar-refractivity contribution >= 4 is 11.9 Å². The van der Waals surface area contributed by atoms with Gasteiger partial charge in [0, 0.05) is 11.1 Å². The van der Waals surface area contributed by atoms with Gasteiger partial charge in [-0.2, -0.15) is 0 Å². The molecule has 1 aliphatic carbocycles. The molecule has 0 fully saturated rings. The summed E-state index contributed by atoms with van der Waals surface area (Å²) >= 11 is 0. The van der Waals surface area contributed by atoms with Crippen LogP contribution in [0.3, 0.4) is 0 Å². The molecule has 15 heavy (non-hydrogen) atoms. The van der Waals surface area contributed by atoms with Crippen molar-refractivity contribution in [3.05, 3.63) is 11.1 Å². The average Bonchev–Trinajstić information content (AvgIpc) is 2.61. The van der Waals surface area contributed by atoms with Crippen molar-refractivity contribution in [2.75, 3.05) is 0 Å². The van der Waals surface area contributed by atoms with Gasteiger partial charge in [-0.15, -0.1) is 0 Å². The molecule has 0 spiro atoms. The topological polar surface area (TPSA) is 43.4 Å². The van der Waals surface area contributed by atoms with Crippen LogP contribution in [0.25, 0.3) is 0 Å². The van der Waals surface area contributed by atoms with E-state index < -0.39 is 11.9 Å². The van der Waals surface area contributed by atoms with Gasteiger partial charge in [0.15, 0.2) is 0 Å². The summed E-state index contributed by atoms with van der Waals surface area (Å²) in [5.41, 5.74) is 1.25. The van der Waals surface area contributed by atoms with E-state index in [-0.39, 0.29) is 0 Å². The number of carbonyl (C=O) groups is 2. The predicted molar refractivity (Wildman–Crippen MR) is 59.3 cm³/mol. The summed E-state index contributed by atoms with van der Waals surface area (Å²) in [5.74, 6) is -0.825. The second-order valence-corrected chi connectivity index (χ2v) is 2.84. The molecule has 0 aromatic carbocycles. The minimum atomic E-state index is -0.412. The maximum Gasteiger partial charge on any atom is 0.342 e. The van der Waals surface area contributed by atoms with Gasteiger partial charge >= 0.3 is 11.9 Å². The summed E-state index contributed by atoms with van der Waals surface area (Å²) in [5, 5.41) is 0. The maximum absolute atomic E-state index is 10.9. The van der Waals surface area contributed by atoms with Gasteiger partial charge in [0.25, 0.3) is 0 Å². The average molecular weight is 212 g/mol. The molecule has 1 heterocycles. The maximum atomic E-state index is 10.9. The molecular weight excluding hydrogens is 192 g/mol. The van der Waals surface area contributed by atoms with Crippen LogP contribution in [-0.4, -0.2) is 11.9 Å². The van der Waals surface area contributed by atoms with E-state index in [1.165, 1.54) is 0 Å². The molecule has 0 bridgehead atoms. The zero-order valence-electron chi connectivity index (χ0n) is 10.1. The van der Waals surface area contributed by atoms with Crippen LogP contribution in [0.4, 0.5) is 0 Å². The number of carbonyl (C=O) groups excluding carboxylic acids is 2. The largest absolute Gasteiger partial charge is 0.386 e. The lowest BCUT2D eigenvalue weighted by Crippen LogP contribution is -2.01. The van der Waals surface area contributed by atoms with Gasteiger partial charge in [-0.1, -0.05) is 27.7 Å². The highest BCUT2D eigenvalue weighted by molar-refractivity contribution is 6.12. The molecule has 0 saturated carbocycles. The molecule has 3 nitrogen and oxygen atoms in total. The van der Waals surface area contributed by atoms with Crippen molar-refractivity contribution in [3.63, 3.8) is 0 Å². The van der Waals surface area contributed by atoms with Crippen molar-refractivity contribution in [3.8, 4) is 0 Å². The Labute approximate surface area is 91.5 Å². The second kappa shape index (κ2) is 7.21. The van der Waals surface area contributed by atoms with Crippen LogP contribution in [0, 0.1) is 0 Å². The normalized spacial score (nSPS) is 18.1. The fourth-order valence-corrected chi connectivity index (χ4v) is 1.56. The van der Waals surface area contributed by atoms with Gasteiger partial charge in [0.1, 0.15) is 0 Å². The number of hydrogen-bond donors (Lipinski definition) is 0. The van der Waals surface area contributed by atoms with E-state index in [1.807, 2.05) is 27.7 Å². The molecule has 0 atom stereocenters. The predicted octanol–water partition coefficient (Wildman–Crippen LogP) is 2.99. The van der Waals surface area contributed by atoms with E-state index in [4.69, 9.17) is 0 Å².